The van der Waals surface area contributed by atoms with Gasteiger partial charge in [0.1, 0.15) is 5.01 Å². The number of rotatable bonds is 4. The third-order valence-electron chi connectivity index (χ3n) is 2.66. The Morgan fingerprint density at radius 3 is 2.93 bits per heavy atom. The molecular formula is C10H17N3S. The number of nitrogens with two attached hydrogens (primary N) is 1. The fourth-order valence-corrected chi connectivity index (χ4v) is 2.15. The molecule has 1 aliphatic rings. The Bertz CT molecular complexity index is 317. The largest absolute Gasteiger partial charge is 0.324 e. The lowest BCUT2D eigenvalue weighted by Crippen LogP contribution is -2.37. The third kappa shape index (κ3) is 2.32. The van der Waals surface area contributed by atoms with E-state index in [0.717, 1.165) is 24.4 Å². The maximum absolute atomic E-state index is 6.00. The van der Waals surface area contributed by atoms with Gasteiger partial charge in [-0.1, -0.05) is 0 Å². The smallest absolute Gasteiger partial charge is 0.109 e. The van der Waals surface area contributed by atoms with Gasteiger partial charge in [-0.2, -0.15) is 0 Å². The van der Waals surface area contributed by atoms with E-state index in [-0.39, 0.29) is 5.54 Å². The molecule has 0 saturated heterocycles. The molecule has 0 amide bonds. The number of nitrogens with zero attached hydrogens (tertiary/aromatic N) is 1. The van der Waals surface area contributed by atoms with Crippen LogP contribution in [0, 0.1) is 6.92 Å². The van der Waals surface area contributed by atoms with Crippen molar-refractivity contribution in [3.05, 3.63) is 16.1 Å². The Hall–Kier alpha value is -0.450. The van der Waals surface area contributed by atoms with Gasteiger partial charge in [-0.05, 0) is 26.7 Å². The summed E-state index contributed by atoms with van der Waals surface area (Å²) >= 11 is 1.75. The van der Waals surface area contributed by atoms with Gasteiger partial charge in [0.15, 0.2) is 0 Å². The van der Waals surface area contributed by atoms with E-state index >= 15 is 0 Å². The van der Waals surface area contributed by atoms with Crippen molar-refractivity contribution >= 4 is 11.3 Å². The molecule has 3 N–H and O–H groups in total. The summed E-state index contributed by atoms with van der Waals surface area (Å²) in [5.41, 5.74) is 6.08. The molecule has 1 unspecified atom stereocenters. The van der Waals surface area contributed by atoms with E-state index in [4.69, 9.17) is 5.73 Å². The highest BCUT2D eigenvalue weighted by molar-refractivity contribution is 7.11. The molecule has 0 radical (unpaired) electrons. The zero-order chi connectivity index (χ0) is 10.2. The molecule has 0 spiro atoms. The zero-order valence-electron chi connectivity index (χ0n) is 8.71. The van der Waals surface area contributed by atoms with E-state index in [1.807, 2.05) is 6.20 Å². The van der Waals surface area contributed by atoms with E-state index < -0.39 is 0 Å². The second-order valence-corrected chi connectivity index (χ2v) is 5.54. The topological polar surface area (TPSA) is 50.9 Å². The summed E-state index contributed by atoms with van der Waals surface area (Å²) in [6, 6.07) is 0.328. The molecule has 1 heterocycles. The molecule has 0 aromatic carbocycles. The van der Waals surface area contributed by atoms with Crippen LogP contribution in [0.5, 0.6) is 0 Å². The Morgan fingerprint density at radius 2 is 2.43 bits per heavy atom. The van der Waals surface area contributed by atoms with E-state index in [1.54, 1.807) is 11.3 Å². The number of nitrogens with one attached hydrogen (secondary N) is 1. The van der Waals surface area contributed by atoms with Gasteiger partial charge in [-0.15, -0.1) is 11.3 Å². The molecular weight excluding hydrogens is 194 g/mol. The standard InChI is InChI=1S/C10H17N3S/c1-7-5-12-9(14-7)8(2)13-6-10(11)3-4-10/h5,8,13H,3-4,6,11H2,1-2H3. The van der Waals surface area contributed by atoms with Crippen LogP contribution in [0.1, 0.15) is 35.7 Å². The maximum atomic E-state index is 6.00. The summed E-state index contributed by atoms with van der Waals surface area (Å²) in [6.45, 7) is 5.13. The van der Waals surface area contributed by atoms with E-state index in [2.05, 4.69) is 24.1 Å². The number of aromatic nitrogens is 1. The van der Waals surface area contributed by atoms with Crippen LogP contribution in [0.15, 0.2) is 6.20 Å². The Kier molecular flexibility index (Phi) is 2.60. The van der Waals surface area contributed by atoms with Crippen LogP contribution in [0.2, 0.25) is 0 Å². The van der Waals surface area contributed by atoms with E-state index in [9.17, 15) is 0 Å². The lowest BCUT2D eigenvalue weighted by Gasteiger charge is -2.14. The van der Waals surface area contributed by atoms with Gasteiger partial charge in [0, 0.05) is 23.2 Å². The van der Waals surface area contributed by atoms with Gasteiger partial charge in [0.05, 0.1) is 6.04 Å². The van der Waals surface area contributed by atoms with Crippen molar-refractivity contribution in [1.82, 2.24) is 10.3 Å². The second kappa shape index (κ2) is 3.61. The quantitative estimate of drug-likeness (QED) is 0.795. The average molecular weight is 211 g/mol. The fourth-order valence-electron chi connectivity index (χ4n) is 1.35. The van der Waals surface area contributed by atoms with Crippen LogP contribution >= 0.6 is 11.3 Å². The lowest BCUT2D eigenvalue weighted by molar-refractivity contribution is 0.507. The van der Waals surface area contributed by atoms with Crippen molar-refractivity contribution < 1.29 is 0 Å². The monoisotopic (exact) mass is 211 g/mol. The van der Waals surface area contributed by atoms with Gasteiger partial charge in [0.25, 0.3) is 0 Å². The number of hydrogen-bond donors (Lipinski definition) is 2. The third-order valence-corrected chi connectivity index (χ3v) is 3.76. The highest BCUT2D eigenvalue weighted by Crippen LogP contribution is 2.32. The Balaban J connectivity index is 1.86. The zero-order valence-corrected chi connectivity index (χ0v) is 9.53. The van der Waals surface area contributed by atoms with Crippen molar-refractivity contribution in [1.29, 1.82) is 0 Å². The van der Waals surface area contributed by atoms with Crippen LogP contribution < -0.4 is 11.1 Å². The summed E-state index contributed by atoms with van der Waals surface area (Å²) < 4.78 is 0. The minimum absolute atomic E-state index is 0.0839. The maximum Gasteiger partial charge on any atom is 0.109 e. The first-order valence-electron chi connectivity index (χ1n) is 5.04. The van der Waals surface area contributed by atoms with Crippen molar-refractivity contribution in [2.45, 2.75) is 38.3 Å². The number of hydrogen-bond acceptors (Lipinski definition) is 4. The molecule has 0 bridgehead atoms. The summed E-state index contributed by atoms with van der Waals surface area (Å²) in [5, 5.41) is 4.60. The van der Waals surface area contributed by atoms with Crippen LogP contribution in [-0.2, 0) is 0 Å². The molecule has 1 saturated carbocycles. The summed E-state index contributed by atoms with van der Waals surface area (Å²) in [5.74, 6) is 0. The molecule has 2 rings (SSSR count). The lowest BCUT2D eigenvalue weighted by atomic mass is 10.2. The molecule has 4 heteroatoms. The number of aryl methyl sites for hydroxylation is 1. The van der Waals surface area contributed by atoms with E-state index in [1.165, 1.54) is 4.88 Å². The Morgan fingerprint density at radius 1 is 1.71 bits per heavy atom. The predicted octanol–water partition coefficient (Wildman–Crippen LogP) is 1.59. The van der Waals surface area contributed by atoms with Crippen molar-refractivity contribution in [3.8, 4) is 0 Å². The normalized spacial score (nSPS) is 20.8. The first-order chi connectivity index (χ1) is 6.59. The molecule has 0 aliphatic heterocycles. The molecule has 1 fully saturated rings. The van der Waals surface area contributed by atoms with Gasteiger partial charge in [-0.25, -0.2) is 4.98 Å². The van der Waals surface area contributed by atoms with Crippen molar-refractivity contribution in [2.75, 3.05) is 6.54 Å². The van der Waals surface area contributed by atoms with Crippen molar-refractivity contribution in [2.24, 2.45) is 5.73 Å². The molecule has 14 heavy (non-hydrogen) atoms. The molecule has 1 aromatic heterocycles. The Labute approximate surface area is 88.7 Å². The predicted molar refractivity (Wildman–Crippen MR) is 59.4 cm³/mol. The minimum Gasteiger partial charge on any atom is -0.324 e. The summed E-state index contributed by atoms with van der Waals surface area (Å²) in [4.78, 5) is 5.62. The molecule has 1 aliphatic carbocycles. The number of thiazole rings is 1. The average Bonchev–Trinajstić information content (AvgIpc) is 2.71. The minimum atomic E-state index is 0.0839. The summed E-state index contributed by atoms with van der Waals surface area (Å²) in [6.07, 6.45) is 4.24. The highest BCUT2D eigenvalue weighted by Gasteiger charge is 2.37. The van der Waals surface area contributed by atoms with Crippen LogP contribution in [0.3, 0.4) is 0 Å². The van der Waals surface area contributed by atoms with Crippen LogP contribution in [-0.4, -0.2) is 17.1 Å². The van der Waals surface area contributed by atoms with Crippen LogP contribution in [0.4, 0.5) is 0 Å². The van der Waals surface area contributed by atoms with Gasteiger partial charge >= 0.3 is 0 Å². The first-order valence-corrected chi connectivity index (χ1v) is 5.85. The first kappa shape index (κ1) is 10.1. The SMILES string of the molecule is Cc1cnc(C(C)NCC2(N)CC2)s1. The van der Waals surface area contributed by atoms with Gasteiger partial charge in [-0.3, -0.25) is 0 Å². The second-order valence-electron chi connectivity index (χ2n) is 4.27. The molecule has 3 nitrogen and oxygen atoms in total. The van der Waals surface area contributed by atoms with Gasteiger partial charge in [0.2, 0.25) is 0 Å². The van der Waals surface area contributed by atoms with Crippen LogP contribution in [0.25, 0.3) is 0 Å². The molecule has 1 aromatic rings. The van der Waals surface area contributed by atoms with E-state index in [0.29, 0.717) is 6.04 Å². The molecule has 1 atom stereocenters. The molecule has 78 valence electrons. The fraction of sp³-hybridized carbons (Fsp3) is 0.700. The van der Waals surface area contributed by atoms with Crippen molar-refractivity contribution in [3.63, 3.8) is 0 Å². The summed E-state index contributed by atoms with van der Waals surface area (Å²) in [7, 11) is 0. The van der Waals surface area contributed by atoms with Gasteiger partial charge < -0.3 is 11.1 Å². The highest BCUT2D eigenvalue weighted by atomic mass is 32.1.